The number of hydrogen-bond acceptors (Lipinski definition) is 4. The largest absolute Gasteiger partial charge is 0.480 e. The number of benzene rings is 2. The van der Waals surface area contributed by atoms with E-state index in [-0.39, 0.29) is 12.5 Å². The van der Waals surface area contributed by atoms with Gasteiger partial charge in [0.1, 0.15) is 18.7 Å². The number of alkyl carbamates (subject to hydrolysis) is 1. The zero-order chi connectivity index (χ0) is 24.2. The van der Waals surface area contributed by atoms with Crippen LogP contribution in [0.25, 0.3) is 11.1 Å². The summed E-state index contributed by atoms with van der Waals surface area (Å²) in [7, 11) is 0. The molecule has 0 fully saturated rings. The van der Waals surface area contributed by atoms with Gasteiger partial charge >= 0.3 is 12.1 Å². The van der Waals surface area contributed by atoms with Gasteiger partial charge in [0.05, 0.1) is 0 Å². The van der Waals surface area contributed by atoms with Crippen LogP contribution in [0.5, 0.6) is 0 Å². The summed E-state index contributed by atoms with van der Waals surface area (Å²) in [6.07, 6.45) is 0.301. The lowest BCUT2D eigenvalue weighted by Crippen LogP contribution is -2.55. The molecule has 33 heavy (non-hydrogen) atoms. The minimum atomic E-state index is -1.12. The fourth-order valence-corrected chi connectivity index (χ4v) is 4.23. The average molecular weight is 453 g/mol. The molecule has 0 heterocycles. The van der Waals surface area contributed by atoms with Crippen LogP contribution < -0.4 is 10.6 Å². The molecule has 7 heteroatoms. The number of aliphatic carboxylic acids is 1. The molecule has 2 aromatic carbocycles. The molecular weight excluding hydrogens is 420 g/mol. The zero-order valence-corrected chi connectivity index (χ0v) is 19.6. The van der Waals surface area contributed by atoms with Crippen molar-refractivity contribution in [2.75, 3.05) is 6.61 Å². The van der Waals surface area contributed by atoms with E-state index in [4.69, 9.17) is 4.74 Å². The minimum Gasteiger partial charge on any atom is -0.480 e. The van der Waals surface area contributed by atoms with Crippen molar-refractivity contribution in [2.45, 2.75) is 58.5 Å². The second-order valence-electron chi connectivity index (χ2n) is 9.46. The highest BCUT2D eigenvalue weighted by atomic mass is 16.5. The Morgan fingerprint density at radius 1 is 0.970 bits per heavy atom. The van der Waals surface area contributed by atoms with Gasteiger partial charge in [-0.05, 0) is 34.1 Å². The topological polar surface area (TPSA) is 105 Å². The summed E-state index contributed by atoms with van der Waals surface area (Å²) in [6.45, 7) is 7.23. The van der Waals surface area contributed by atoms with E-state index < -0.39 is 35.5 Å². The van der Waals surface area contributed by atoms with E-state index in [2.05, 4.69) is 22.8 Å². The fraction of sp³-hybridized carbons (Fsp3) is 0.423. The molecule has 2 atom stereocenters. The summed E-state index contributed by atoms with van der Waals surface area (Å²) in [5.41, 5.74) is 3.79. The highest BCUT2D eigenvalue weighted by molar-refractivity contribution is 5.89. The Labute approximate surface area is 194 Å². The van der Waals surface area contributed by atoms with Crippen molar-refractivity contribution in [3.05, 3.63) is 59.7 Å². The van der Waals surface area contributed by atoms with E-state index in [1.165, 1.54) is 0 Å². The van der Waals surface area contributed by atoms with Crippen LogP contribution in [-0.4, -0.2) is 41.8 Å². The van der Waals surface area contributed by atoms with Gasteiger partial charge in [-0.2, -0.15) is 0 Å². The Kier molecular flexibility index (Phi) is 7.41. The molecule has 0 radical (unpaired) electrons. The van der Waals surface area contributed by atoms with Crippen LogP contribution >= 0.6 is 0 Å². The summed E-state index contributed by atoms with van der Waals surface area (Å²) >= 11 is 0. The molecule has 0 bridgehead atoms. The lowest BCUT2D eigenvalue weighted by molar-refractivity contribution is -0.145. The Morgan fingerprint density at radius 3 is 2.00 bits per heavy atom. The maximum atomic E-state index is 12.8. The Bertz CT molecular complexity index is 982. The third-order valence-electron chi connectivity index (χ3n) is 5.93. The van der Waals surface area contributed by atoms with Gasteiger partial charge in [-0.25, -0.2) is 9.59 Å². The molecule has 0 unspecified atom stereocenters. The predicted octanol–water partition coefficient (Wildman–Crippen LogP) is 4.31. The summed E-state index contributed by atoms with van der Waals surface area (Å²) in [5.74, 6) is -1.74. The van der Waals surface area contributed by atoms with Crippen LogP contribution in [0, 0.1) is 5.41 Å². The molecular formula is C26H32N2O5. The third kappa shape index (κ3) is 5.53. The van der Waals surface area contributed by atoms with Crippen LogP contribution in [0.3, 0.4) is 0 Å². The summed E-state index contributed by atoms with van der Waals surface area (Å²) in [5, 5.41) is 14.7. The first kappa shape index (κ1) is 24.3. The molecule has 0 saturated carbocycles. The second kappa shape index (κ2) is 10.1. The quantitative estimate of drug-likeness (QED) is 0.554. The number of carbonyl (C=O) groups is 3. The van der Waals surface area contributed by atoms with Gasteiger partial charge in [-0.15, -0.1) is 0 Å². The van der Waals surface area contributed by atoms with E-state index in [0.717, 1.165) is 22.3 Å². The molecule has 0 saturated heterocycles. The SMILES string of the molecule is CCC[C@@H](NC(=O)OCC1c2ccccc2-c2ccccc21)C(=O)N[C@@H](C(=O)O)C(C)(C)C. The first-order valence-electron chi connectivity index (χ1n) is 11.3. The number of fused-ring (bicyclic) bond motifs is 3. The van der Waals surface area contributed by atoms with Gasteiger partial charge in [0.25, 0.3) is 0 Å². The van der Waals surface area contributed by atoms with Gasteiger partial charge in [0.2, 0.25) is 5.91 Å². The highest BCUT2D eigenvalue weighted by Gasteiger charge is 2.35. The normalized spacial score (nSPS) is 14.5. The van der Waals surface area contributed by atoms with Crippen LogP contribution in [0.1, 0.15) is 57.6 Å². The minimum absolute atomic E-state index is 0.0844. The predicted molar refractivity (Wildman–Crippen MR) is 126 cm³/mol. The number of nitrogens with one attached hydrogen (secondary N) is 2. The van der Waals surface area contributed by atoms with Crippen LogP contribution in [-0.2, 0) is 14.3 Å². The van der Waals surface area contributed by atoms with E-state index in [1.807, 2.05) is 43.3 Å². The van der Waals surface area contributed by atoms with Crippen molar-refractivity contribution in [2.24, 2.45) is 5.41 Å². The molecule has 1 aliphatic carbocycles. The number of rotatable bonds is 8. The molecule has 2 aromatic rings. The molecule has 0 aliphatic heterocycles. The molecule has 176 valence electrons. The second-order valence-corrected chi connectivity index (χ2v) is 9.46. The number of hydrogen-bond donors (Lipinski definition) is 3. The molecule has 7 nitrogen and oxygen atoms in total. The van der Waals surface area contributed by atoms with E-state index in [0.29, 0.717) is 12.8 Å². The molecule has 0 spiro atoms. The molecule has 3 rings (SSSR count). The monoisotopic (exact) mass is 452 g/mol. The molecule has 3 N–H and O–H groups in total. The number of carboxylic acid groups (broad SMARTS) is 1. The lowest BCUT2D eigenvalue weighted by Gasteiger charge is -2.29. The van der Waals surface area contributed by atoms with Crippen molar-refractivity contribution < 1.29 is 24.2 Å². The number of carboxylic acids is 1. The number of amides is 2. The van der Waals surface area contributed by atoms with Gasteiger partial charge in [-0.3, -0.25) is 4.79 Å². The zero-order valence-electron chi connectivity index (χ0n) is 19.6. The third-order valence-corrected chi connectivity index (χ3v) is 5.93. The maximum Gasteiger partial charge on any atom is 0.407 e. The first-order valence-corrected chi connectivity index (χ1v) is 11.3. The van der Waals surface area contributed by atoms with Crippen molar-refractivity contribution in [1.29, 1.82) is 0 Å². The van der Waals surface area contributed by atoms with Crippen LogP contribution in [0.15, 0.2) is 48.5 Å². The average Bonchev–Trinajstić information content (AvgIpc) is 3.08. The Morgan fingerprint density at radius 2 is 1.52 bits per heavy atom. The number of carbonyl (C=O) groups excluding carboxylic acids is 2. The fourth-order valence-electron chi connectivity index (χ4n) is 4.23. The molecule has 0 aromatic heterocycles. The van der Waals surface area contributed by atoms with E-state index in [9.17, 15) is 19.5 Å². The van der Waals surface area contributed by atoms with Crippen molar-refractivity contribution in [1.82, 2.24) is 10.6 Å². The summed E-state index contributed by atoms with van der Waals surface area (Å²) < 4.78 is 5.54. The summed E-state index contributed by atoms with van der Waals surface area (Å²) in [4.78, 5) is 37.0. The van der Waals surface area contributed by atoms with Gasteiger partial charge in [0.15, 0.2) is 0 Å². The Balaban J connectivity index is 1.66. The highest BCUT2D eigenvalue weighted by Crippen LogP contribution is 2.44. The maximum absolute atomic E-state index is 12.8. The molecule has 2 amide bonds. The van der Waals surface area contributed by atoms with Crippen LogP contribution in [0.2, 0.25) is 0 Å². The van der Waals surface area contributed by atoms with E-state index >= 15 is 0 Å². The van der Waals surface area contributed by atoms with Crippen molar-refractivity contribution in [3.63, 3.8) is 0 Å². The summed E-state index contributed by atoms with van der Waals surface area (Å²) in [6, 6.07) is 14.1. The first-order chi connectivity index (χ1) is 15.6. The standard InChI is InChI=1S/C26H32N2O5/c1-5-10-21(23(29)28-22(24(30)31)26(2,3)4)27-25(32)33-15-20-18-13-8-6-11-16(18)17-12-7-9-14-19(17)20/h6-9,11-14,20-22H,5,10,15H2,1-4H3,(H,27,32)(H,28,29)(H,30,31)/t21-,22+/m1/s1. The van der Waals surface area contributed by atoms with Crippen molar-refractivity contribution in [3.8, 4) is 11.1 Å². The van der Waals surface area contributed by atoms with Gasteiger partial charge in [-0.1, -0.05) is 82.6 Å². The van der Waals surface area contributed by atoms with Crippen molar-refractivity contribution >= 4 is 18.0 Å². The van der Waals surface area contributed by atoms with Crippen LogP contribution in [0.4, 0.5) is 4.79 Å². The van der Waals surface area contributed by atoms with Gasteiger partial charge < -0.3 is 20.5 Å². The smallest absolute Gasteiger partial charge is 0.407 e. The van der Waals surface area contributed by atoms with Gasteiger partial charge in [0, 0.05) is 5.92 Å². The van der Waals surface area contributed by atoms with E-state index in [1.54, 1.807) is 20.8 Å². The lowest BCUT2D eigenvalue weighted by atomic mass is 9.86. The Hall–Kier alpha value is -3.35. The molecule has 1 aliphatic rings. The number of ether oxygens (including phenoxy) is 1.